The molecule has 0 aliphatic heterocycles. The minimum atomic E-state index is 0.492. The lowest BCUT2D eigenvalue weighted by molar-refractivity contribution is 0.462. The van der Waals surface area contributed by atoms with Crippen molar-refractivity contribution in [1.82, 2.24) is 4.98 Å². The summed E-state index contributed by atoms with van der Waals surface area (Å²) in [6, 6.07) is 13.3. The van der Waals surface area contributed by atoms with Gasteiger partial charge < -0.3 is 4.74 Å². The van der Waals surface area contributed by atoms with E-state index in [4.69, 9.17) is 10.00 Å². The number of nitrogens with zero attached hydrogens (tertiary/aromatic N) is 2. The summed E-state index contributed by atoms with van der Waals surface area (Å²) >= 11 is 0. The molecule has 1 aromatic carbocycles. The molecular formula is C15H14N2O. The standard InChI is InChI=1S/C15H14N2O/c1-11(2)13-4-6-14(7-5-13)18-15-8-3-12(9-16)10-17-15/h3-8,10-11H,1-2H3. The van der Waals surface area contributed by atoms with Crippen molar-refractivity contribution in [2.45, 2.75) is 19.8 Å². The van der Waals surface area contributed by atoms with Crippen molar-refractivity contribution in [2.24, 2.45) is 0 Å². The molecule has 0 spiro atoms. The first-order chi connectivity index (χ1) is 8.69. The second-order valence-electron chi connectivity index (χ2n) is 4.32. The van der Waals surface area contributed by atoms with Crippen LogP contribution in [-0.2, 0) is 0 Å². The molecule has 0 amide bonds. The molecule has 0 saturated heterocycles. The Morgan fingerprint density at radius 3 is 2.33 bits per heavy atom. The van der Waals surface area contributed by atoms with Crippen molar-refractivity contribution in [3.05, 3.63) is 53.7 Å². The Morgan fingerprint density at radius 2 is 1.83 bits per heavy atom. The predicted octanol–water partition coefficient (Wildman–Crippen LogP) is 3.87. The lowest BCUT2D eigenvalue weighted by atomic mass is 10.0. The van der Waals surface area contributed by atoms with Gasteiger partial charge in [-0.25, -0.2) is 4.98 Å². The highest BCUT2D eigenvalue weighted by Gasteiger charge is 2.01. The zero-order valence-electron chi connectivity index (χ0n) is 10.4. The molecule has 2 rings (SSSR count). The van der Waals surface area contributed by atoms with E-state index in [1.165, 1.54) is 11.8 Å². The quantitative estimate of drug-likeness (QED) is 0.815. The number of benzene rings is 1. The number of pyridine rings is 1. The Labute approximate surface area is 107 Å². The monoisotopic (exact) mass is 238 g/mol. The Bertz CT molecular complexity index is 551. The summed E-state index contributed by atoms with van der Waals surface area (Å²) in [7, 11) is 0. The van der Waals surface area contributed by atoms with Gasteiger partial charge >= 0.3 is 0 Å². The van der Waals surface area contributed by atoms with Crippen molar-refractivity contribution < 1.29 is 4.74 Å². The zero-order chi connectivity index (χ0) is 13.0. The van der Waals surface area contributed by atoms with Crippen molar-refractivity contribution in [3.63, 3.8) is 0 Å². The second-order valence-corrected chi connectivity index (χ2v) is 4.32. The lowest BCUT2D eigenvalue weighted by Gasteiger charge is -2.07. The maximum atomic E-state index is 8.67. The molecule has 0 fully saturated rings. The van der Waals surface area contributed by atoms with Crippen LogP contribution in [0.25, 0.3) is 0 Å². The first-order valence-corrected chi connectivity index (χ1v) is 5.83. The van der Waals surface area contributed by atoms with Gasteiger partial charge in [0.2, 0.25) is 5.88 Å². The second kappa shape index (κ2) is 5.33. The van der Waals surface area contributed by atoms with E-state index in [1.807, 2.05) is 30.3 Å². The van der Waals surface area contributed by atoms with Crippen LogP contribution in [0.1, 0.15) is 30.9 Å². The number of aromatic nitrogens is 1. The summed E-state index contributed by atoms with van der Waals surface area (Å²) < 4.78 is 5.59. The minimum Gasteiger partial charge on any atom is -0.439 e. The van der Waals surface area contributed by atoms with Crippen molar-refractivity contribution in [1.29, 1.82) is 5.26 Å². The van der Waals surface area contributed by atoms with Crippen LogP contribution in [0.2, 0.25) is 0 Å². The first-order valence-electron chi connectivity index (χ1n) is 5.83. The van der Waals surface area contributed by atoms with E-state index in [1.54, 1.807) is 12.1 Å². The van der Waals surface area contributed by atoms with Crippen LogP contribution in [0.3, 0.4) is 0 Å². The number of rotatable bonds is 3. The highest BCUT2D eigenvalue weighted by Crippen LogP contribution is 2.22. The van der Waals surface area contributed by atoms with E-state index in [0.717, 1.165) is 5.75 Å². The van der Waals surface area contributed by atoms with Crippen LogP contribution >= 0.6 is 0 Å². The maximum Gasteiger partial charge on any atom is 0.219 e. The average molecular weight is 238 g/mol. The molecule has 1 aromatic heterocycles. The molecule has 0 aliphatic carbocycles. The molecule has 0 N–H and O–H groups in total. The van der Waals surface area contributed by atoms with E-state index in [-0.39, 0.29) is 0 Å². The molecule has 90 valence electrons. The smallest absolute Gasteiger partial charge is 0.219 e. The number of hydrogen-bond donors (Lipinski definition) is 0. The summed E-state index contributed by atoms with van der Waals surface area (Å²) in [5.74, 6) is 1.75. The van der Waals surface area contributed by atoms with Crippen molar-refractivity contribution in [3.8, 4) is 17.7 Å². The zero-order valence-corrected chi connectivity index (χ0v) is 10.4. The fourth-order valence-electron chi connectivity index (χ4n) is 1.55. The van der Waals surface area contributed by atoms with Crippen molar-refractivity contribution >= 4 is 0 Å². The lowest BCUT2D eigenvalue weighted by Crippen LogP contribution is -1.90. The number of hydrogen-bond acceptors (Lipinski definition) is 3. The normalized spacial score (nSPS) is 10.1. The third-order valence-corrected chi connectivity index (χ3v) is 2.63. The van der Waals surface area contributed by atoms with Crippen LogP contribution in [0.4, 0.5) is 0 Å². The van der Waals surface area contributed by atoms with Gasteiger partial charge in [0.1, 0.15) is 11.8 Å². The fourth-order valence-corrected chi connectivity index (χ4v) is 1.55. The summed E-state index contributed by atoms with van der Waals surface area (Å²) in [6.45, 7) is 4.30. The van der Waals surface area contributed by atoms with Gasteiger partial charge in [-0.3, -0.25) is 0 Å². The summed E-state index contributed by atoms with van der Waals surface area (Å²) in [5.41, 5.74) is 1.80. The molecule has 1 heterocycles. The van der Waals surface area contributed by atoms with Gasteiger partial charge in [-0.2, -0.15) is 5.26 Å². The van der Waals surface area contributed by atoms with Crippen LogP contribution in [0, 0.1) is 11.3 Å². The van der Waals surface area contributed by atoms with Crippen LogP contribution in [0.15, 0.2) is 42.6 Å². The molecule has 0 unspecified atom stereocenters. The van der Waals surface area contributed by atoms with Gasteiger partial charge in [-0.15, -0.1) is 0 Å². The van der Waals surface area contributed by atoms with Crippen molar-refractivity contribution in [2.75, 3.05) is 0 Å². The number of ether oxygens (including phenoxy) is 1. The van der Waals surface area contributed by atoms with Gasteiger partial charge in [0, 0.05) is 12.3 Å². The SMILES string of the molecule is CC(C)c1ccc(Oc2ccc(C#N)cn2)cc1. The molecular weight excluding hydrogens is 224 g/mol. The van der Waals surface area contributed by atoms with E-state index < -0.39 is 0 Å². The Hall–Kier alpha value is -2.34. The largest absolute Gasteiger partial charge is 0.439 e. The number of nitriles is 1. The molecule has 0 bridgehead atoms. The molecule has 0 atom stereocenters. The molecule has 3 heteroatoms. The van der Waals surface area contributed by atoms with Gasteiger partial charge in [-0.05, 0) is 29.7 Å². The molecule has 0 aliphatic rings. The third-order valence-electron chi connectivity index (χ3n) is 2.63. The first kappa shape index (κ1) is 12.1. The summed E-state index contributed by atoms with van der Waals surface area (Å²) in [4.78, 5) is 4.06. The Kier molecular flexibility index (Phi) is 3.59. The van der Waals surface area contributed by atoms with Gasteiger partial charge in [-0.1, -0.05) is 26.0 Å². The van der Waals surface area contributed by atoms with E-state index in [2.05, 4.69) is 18.8 Å². The van der Waals surface area contributed by atoms with E-state index in [9.17, 15) is 0 Å². The Morgan fingerprint density at radius 1 is 1.11 bits per heavy atom. The van der Waals surface area contributed by atoms with Crippen LogP contribution in [-0.4, -0.2) is 4.98 Å². The van der Waals surface area contributed by atoms with Gasteiger partial charge in [0.15, 0.2) is 0 Å². The summed E-state index contributed by atoms with van der Waals surface area (Å²) in [6.07, 6.45) is 1.50. The molecule has 2 aromatic rings. The molecule has 0 radical (unpaired) electrons. The average Bonchev–Trinajstić information content (AvgIpc) is 2.40. The Balaban J connectivity index is 2.11. The molecule has 3 nitrogen and oxygen atoms in total. The summed E-state index contributed by atoms with van der Waals surface area (Å²) in [5, 5.41) is 8.67. The third kappa shape index (κ3) is 2.86. The van der Waals surface area contributed by atoms with Gasteiger partial charge in [0.25, 0.3) is 0 Å². The topological polar surface area (TPSA) is 45.9 Å². The molecule has 18 heavy (non-hydrogen) atoms. The van der Waals surface area contributed by atoms with E-state index in [0.29, 0.717) is 17.4 Å². The fraction of sp³-hybridized carbons (Fsp3) is 0.200. The van der Waals surface area contributed by atoms with Crippen LogP contribution < -0.4 is 4.74 Å². The van der Waals surface area contributed by atoms with E-state index >= 15 is 0 Å². The molecule has 0 saturated carbocycles. The predicted molar refractivity (Wildman–Crippen MR) is 69.6 cm³/mol. The highest BCUT2D eigenvalue weighted by molar-refractivity contribution is 5.33. The highest BCUT2D eigenvalue weighted by atomic mass is 16.5. The van der Waals surface area contributed by atoms with Gasteiger partial charge in [0.05, 0.1) is 5.56 Å². The minimum absolute atomic E-state index is 0.492. The maximum absolute atomic E-state index is 8.67. The van der Waals surface area contributed by atoms with Crippen LogP contribution in [0.5, 0.6) is 11.6 Å².